The predicted molar refractivity (Wildman–Crippen MR) is 81.8 cm³/mol. The molecule has 24 heavy (non-hydrogen) atoms. The molecular weight excluding hydrogens is 320 g/mol. The summed E-state index contributed by atoms with van der Waals surface area (Å²) in [5.41, 5.74) is -0.00413. The van der Waals surface area contributed by atoms with Gasteiger partial charge in [0, 0.05) is 34.5 Å². The summed E-state index contributed by atoms with van der Waals surface area (Å²) in [6.45, 7) is 0. The van der Waals surface area contributed by atoms with Gasteiger partial charge in [0.15, 0.2) is 12.6 Å². The minimum absolute atomic E-state index is 0.0420. The molecule has 0 heterocycles. The van der Waals surface area contributed by atoms with Gasteiger partial charge < -0.3 is 25.7 Å². The number of nitro groups is 1. The molecule has 0 fully saturated rings. The molecule has 0 saturated heterocycles. The van der Waals surface area contributed by atoms with Crippen molar-refractivity contribution in [2.45, 2.75) is 12.6 Å². The van der Waals surface area contributed by atoms with Crippen LogP contribution in [-0.2, 0) is 0 Å². The van der Waals surface area contributed by atoms with E-state index in [1.807, 2.05) is 0 Å². The lowest BCUT2D eigenvalue weighted by atomic mass is 10.1. The largest absolute Gasteiger partial charge is 0.364 e. The molecule has 0 bridgehead atoms. The van der Waals surface area contributed by atoms with Crippen molar-refractivity contribution in [1.29, 1.82) is 0 Å². The Labute approximate surface area is 135 Å². The first-order chi connectivity index (χ1) is 11.3. The zero-order valence-corrected chi connectivity index (χ0v) is 12.2. The molecule has 0 radical (unpaired) electrons. The molecule has 0 unspecified atom stereocenters. The summed E-state index contributed by atoms with van der Waals surface area (Å²) in [5, 5.41) is 49.8. The Morgan fingerprint density at radius 2 is 1.46 bits per heavy atom. The molecule has 0 aliphatic carbocycles. The van der Waals surface area contributed by atoms with E-state index in [0.29, 0.717) is 0 Å². The van der Waals surface area contributed by atoms with Gasteiger partial charge in [0.1, 0.15) is 0 Å². The van der Waals surface area contributed by atoms with E-state index in [0.717, 1.165) is 6.07 Å². The van der Waals surface area contributed by atoms with Crippen LogP contribution >= 0.6 is 0 Å². The number of amides is 1. The van der Waals surface area contributed by atoms with Gasteiger partial charge in [0.2, 0.25) is 0 Å². The van der Waals surface area contributed by atoms with Crippen molar-refractivity contribution in [2.75, 3.05) is 5.32 Å². The number of nitrogens with zero attached hydrogens (tertiary/aromatic N) is 1. The van der Waals surface area contributed by atoms with Gasteiger partial charge in [-0.15, -0.1) is 0 Å². The molecule has 9 nitrogen and oxygen atoms in total. The molecule has 2 aromatic carbocycles. The minimum Gasteiger partial charge on any atom is -0.364 e. The lowest BCUT2D eigenvalue weighted by molar-refractivity contribution is -0.384. The minimum atomic E-state index is -1.86. The molecule has 5 N–H and O–H groups in total. The van der Waals surface area contributed by atoms with Gasteiger partial charge in [0.25, 0.3) is 11.6 Å². The van der Waals surface area contributed by atoms with Gasteiger partial charge in [0.05, 0.1) is 4.92 Å². The number of anilines is 1. The Hall–Kier alpha value is -2.85. The van der Waals surface area contributed by atoms with E-state index in [1.54, 1.807) is 0 Å². The SMILES string of the molecule is O=C(Nc1cc(C(O)O)cc(C(O)O)c1)c1ccc([N+](=O)[O-])cc1. The molecule has 2 rings (SSSR count). The molecule has 0 aliphatic heterocycles. The summed E-state index contributed by atoms with van der Waals surface area (Å²) in [6, 6.07) is 8.54. The average molecular weight is 334 g/mol. The van der Waals surface area contributed by atoms with Gasteiger partial charge >= 0.3 is 0 Å². The van der Waals surface area contributed by atoms with Crippen LogP contribution in [-0.4, -0.2) is 31.3 Å². The van der Waals surface area contributed by atoms with E-state index in [4.69, 9.17) is 0 Å². The average Bonchev–Trinajstić information content (AvgIpc) is 2.54. The Morgan fingerprint density at radius 3 is 1.88 bits per heavy atom. The number of aliphatic hydroxyl groups is 4. The number of aliphatic hydroxyl groups excluding tert-OH is 2. The van der Waals surface area contributed by atoms with Crippen molar-refractivity contribution in [1.82, 2.24) is 0 Å². The quantitative estimate of drug-likeness (QED) is 0.308. The van der Waals surface area contributed by atoms with Gasteiger partial charge in [-0.3, -0.25) is 14.9 Å². The Bertz CT molecular complexity index is 731. The third-order valence-electron chi connectivity index (χ3n) is 3.17. The summed E-state index contributed by atoms with van der Waals surface area (Å²) in [6.07, 6.45) is -3.72. The summed E-state index contributed by atoms with van der Waals surface area (Å²) in [4.78, 5) is 22.1. The Morgan fingerprint density at radius 1 is 0.958 bits per heavy atom. The normalized spacial score (nSPS) is 10.9. The van der Waals surface area contributed by atoms with Gasteiger partial charge in [-0.2, -0.15) is 0 Å². The van der Waals surface area contributed by atoms with Crippen molar-refractivity contribution in [2.24, 2.45) is 0 Å². The number of nitro benzene ring substituents is 1. The molecule has 0 saturated carbocycles. The van der Waals surface area contributed by atoms with Crippen LogP contribution in [0.4, 0.5) is 11.4 Å². The summed E-state index contributed by atoms with van der Waals surface area (Å²) in [5.74, 6) is -0.604. The van der Waals surface area contributed by atoms with E-state index in [9.17, 15) is 35.3 Å². The Balaban J connectivity index is 2.26. The number of rotatable bonds is 5. The summed E-state index contributed by atoms with van der Waals surface area (Å²) in [7, 11) is 0. The highest BCUT2D eigenvalue weighted by Gasteiger charge is 2.14. The zero-order chi connectivity index (χ0) is 17.9. The summed E-state index contributed by atoms with van der Waals surface area (Å²) < 4.78 is 0. The molecule has 0 spiro atoms. The monoisotopic (exact) mass is 334 g/mol. The smallest absolute Gasteiger partial charge is 0.269 e. The highest BCUT2D eigenvalue weighted by molar-refractivity contribution is 6.04. The fourth-order valence-electron chi connectivity index (χ4n) is 1.98. The number of hydrogen-bond donors (Lipinski definition) is 5. The second kappa shape index (κ2) is 7.15. The fourth-order valence-corrected chi connectivity index (χ4v) is 1.98. The van der Waals surface area contributed by atoms with Crippen LogP contribution in [0.1, 0.15) is 34.1 Å². The van der Waals surface area contributed by atoms with Gasteiger partial charge in [-0.05, 0) is 30.3 Å². The molecular formula is C15H14N2O7. The number of non-ortho nitro benzene ring substituents is 1. The molecule has 0 aromatic heterocycles. The van der Waals surface area contributed by atoms with Crippen LogP contribution in [0.15, 0.2) is 42.5 Å². The molecule has 0 aliphatic rings. The molecule has 126 valence electrons. The third kappa shape index (κ3) is 4.12. The van der Waals surface area contributed by atoms with Crippen molar-refractivity contribution in [3.63, 3.8) is 0 Å². The van der Waals surface area contributed by atoms with E-state index in [-0.39, 0.29) is 28.1 Å². The summed E-state index contributed by atoms with van der Waals surface area (Å²) >= 11 is 0. The maximum Gasteiger partial charge on any atom is 0.269 e. The number of carbonyl (C=O) groups excluding carboxylic acids is 1. The first-order valence-corrected chi connectivity index (χ1v) is 6.71. The van der Waals surface area contributed by atoms with Crippen molar-refractivity contribution in [3.8, 4) is 0 Å². The van der Waals surface area contributed by atoms with Crippen molar-refractivity contribution < 1.29 is 30.1 Å². The lowest BCUT2D eigenvalue weighted by Gasteiger charge is -2.13. The van der Waals surface area contributed by atoms with Crippen LogP contribution in [0.2, 0.25) is 0 Å². The zero-order valence-electron chi connectivity index (χ0n) is 12.2. The number of hydrogen-bond acceptors (Lipinski definition) is 7. The third-order valence-corrected chi connectivity index (χ3v) is 3.17. The maximum absolute atomic E-state index is 12.1. The van der Waals surface area contributed by atoms with Crippen LogP contribution in [0.5, 0.6) is 0 Å². The Kier molecular flexibility index (Phi) is 5.21. The predicted octanol–water partition coefficient (Wildman–Crippen LogP) is 0.813. The molecule has 1 amide bonds. The topological polar surface area (TPSA) is 153 Å². The first-order valence-electron chi connectivity index (χ1n) is 6.71. The molecule has 0 atom stereocenters. The van der Waals surface area contributed by atoms with Gasteiger partial charge in [-0.25, -0.2) is 0 Å². The maximum atomic E-state index is 12.1. The molecule has 9 heteroatoms. The van der Waals surface area contributed by atoms with Crippen molar-refractivity contribution in [3.05, 3.63) is 69.3 Å². The second-order valence-corrected chi connectivity index (χ2v) is 4.89. The number of carbonyl (C=O) groups is 1. The van der Waals surface area contributed by atoms with E-state index in [1.165, 1.54) is 36.4 Å². The van der Waals surface area contributed by atoms with Crippen molar-refractivity contribution >= 4 is 17.3 Å². The fraction of sp³-hybridized carbons (Fsp3) is 0.133. The number of benzene rings is 2. The molecule has 2 aromatic rings. The standard InChI is InChI=1S/C15H14N2O7/c18-13(8-1-3-12(4-2-8)17(23)24)16-11-6-9(14(19)20)5-10(7-11)15(21)22/h1-7,14-15,19-22H,(H,16,18). The van der Waals surface area contributed by atoms with E-state index >= 15 is 0 Å². The van der Waals surface area contributed by atoms with E-state index < -0.39 is 23.4 Å². The lowest BCUT2D eigenvalue weighted by Crippen LogP contribution is -2.13. The van der Waals surface area contributed by atoms with Crippen LogP contribution in [0.25, 0.3) is 0 Å². The first kappa shape index (κ1) is 17.5. The van der Waals surface area contributed by atoms with Crippen LogP contribution < -0.4 is 5.32 Å². The highest BCUT2D eigenvalue weighted by atomic mass is 16.6. The van der Waals surface area contributed by atoms with E-state index in [2.05, 4.69) is 5.32 Å². The number of nitrogens with one attached hydrogen (secondary N) is 1. The van der Waals surface area contributed by atoms with Crippen LogP contribution in [0, 0.1) is 10.1 Å². The highest BCUT2D eigenvalue weighted by Crippen LogP contribution is 2.23. The van der Waals surface area contributed by atoms with Gasteiger partial charge in [-0.1, -0.05) is 0 Å². The second-order valence-electron chi connectivity index (χ2n) is 4.89. The van der Waals surface area contributed by atoms with Crippen LogP contribution in [0.3, 0.4) is 0 Å².